The van der Waals surface area contributed by atoms with Crippen molar-refractivity contribution >= 4 is 5.91 Å². The van der Waals surface area contributed by atoms with E-state index in [1.165, 1.54) is 0 Å². The Morgan fingerprint density at radius 1 is 1.38 bits per heavy atom. The Labute approximate surface area is 99.4 Å². The van der Waals surface area contributed by atoms with E-state index in [0.29, 0.717) is 12.3 Å². The minimum Gasteiger partial charge on any atom is -0.354 e. The molecule has 3 heteroatoms. The molecule has 0 aromatic heterocycles. The van der Waals surface area contributed by atoms with Gasteiger partial charge in [0, 0.05) is 19.0 Å². The van der Waals surface area contributed by atoms with E-state index < -0.39 is 0 Å². The van der Waals surface area contributed by atoms with Gasteiger partial charge in [-0.15, -0.1) is 12.3 Å². The molecule has 0 rings (SSSR count). The van der Waals surface area contributed by atoms with E-state index in [9.17, 15) is 4.79 Å². The first-order valence-corrected chi connectivity index (χ1v) is 5.98. The molecule has 1 amide bonds. The fourth-order valence-corrected chi connectivity index (χ4v) is 1.35. The van der Waals surface area contributed by atoms with Crippen LogP contribution in [0.3, 0.4) is 0 Å². The van der Waals surface area contributed by atoms with E-state index >= 15 is 0 Å². The number of hydrogen-bond donors (Lipinski definition) is 2. The Kier molecular flexibility index (Phi) is 7.66. The maximum atomic E-state index is 11.7. The molecular formula is C13H24N2O. The lowest BCUT2D eigenvalue weighted by molar-refractivity contribution is -0.123. The molecular weight excluding hydrogens is 200 g/mol. The maximum absolute atomic E-state index is 11.7. The number of carbonyl (C=O) groups excluding carboxylic acids is 1. The van der Waals surface area contributed by atoms with Gasteiger partial charge in [0.2, 0.25) is 5.91 Å². The van der Waals surface area contributed by atoms with Crippen LogP contribution in [0.1, 0.15) is 40.5 Å². The number of carbonyl (C=O) groups is 1. The van der Waals surface area contributed by atoms with Gasteiger partial charge in [-0.1, -0.05) is 20.8 Å². The van der Waals surface area contributed by atoms with Crippen molar-refractivity contribution in [2.45, 2.75) is 52.6 Å². The summed E-state index contributed by atoms with van der Waals surface area (Å²) in [6.07, 6.45) is 6.87. The van der Waals surface area contributed by atoms with Crippen LogP contribution in [0.25, 0.3) is 0 Å². The second-order valence-electron chi connectivity index (χ2n) is 4.54. The molecule has 16 heavy (non-hydrogen) atoms. The molecule has 3 nitrogen and oxygen atoms in total. The van der Waals surface area contributed by atoms with Gasteiger partial charge in [-0.3, -0.25) is 4.79 Å². The molecule has 0 spiro atoms. The predicted molar refractivity (Wildman–Crippen MR) is 68.0 cm³/mol. The van der Waals surface area contributed by atoms with Gasteiger partial charge in [-0.05, 0) is 19.3 Å². The van der Waals surface area contributed by atoms with E-state index in [0.717, 1.165) is 13.0 Å². The van der Waals surface area contributed by atoms with Crippen molar-refractivity contribution in [3.05, 3.63) is 0 Å². The van der Waals surface area contributed by atoms with E-state index in [1.54, 1.807) is 0 Å². The van der Waals surface area contributed by atoms with Crippen molar-refractivity contribution in [1.82, 2.24) is 10.6 Å². The lowest BCUT2D eigenvalue weighted by Gasteiger charge is -2.20. The van der Waals surface area contributed by atoms with Crippen molar-refractivity contribution in [1.29, 1.82) is 0 Å². The fraction of sp³-hybridized carbons (Fsp3) is 0.769. The van der Waals surface area contributed by atoms with E-state index in [4.69, 9.17) is 6.42 Å². The molecule has 0 bridgehead atoms. The summed E-state index contributed by atoms with van der Waals surface area (Å²) in [5.74, 6) is 3.14. The van der Waals surface area contributed by atoms with Crippen LogP contribution in [0.4, 0.5) is 0 Å². The lowest BCUT2D eigenvalue weighted by Crippen LogP contribution is -2.47. The normalized spacial score (nSPS) is 14.2. The maximum Gasteiger partial charge on any atom is 0.236 e. The fourth-order valence-electron chi connectivity index (χ4n) is 1.35. The highest BCUT2D eigenvalue weighted by Crippen LogP contribution is 1.98. The molecule has 0 aliphatic rings. The first-order valence-electron chi connectivity index (χ1n) is 5.98. The Morgan fingerprint density at radius 3 is 2.44 bits per heavy atom. The standard InChI is InChI=1S/C13H24N2O/c1-6-8-12(7-2)15-11(5)13(16)14-9-10(3)4/h1,10-12,15H,7-9H2,2-5H3,(H,14,16). The molecule has 0 heterocycles. The summed E-state index contributed by atoms with van der Waals surface area (Å²) in [6.45, 7) is 8.80. The van der Waals surface area contributed by atoms with E-state index in [-0.39, 0.29) is 18.0 Å². The summed E-state index contributed by atoms with van der Waals surface area (Å²) in [7, 11) is 0. The van der Waals surface area contributed by atoms with Crippen LogP contribution in [0, 0.1) is 18.3 Å². The zero-order valence-corrected chi connectivity index (χ0v) is 10.8. The highest BCUT2D eigenvalue weighted by molar-refractivity contribution is 5.81. The lowest BCUT2D eigenvalue weighted by atomic mass is 10.1. The minimum absolute atomic E-state index is 0.0455. The zero-order valence-electron chi connectivity index (χ0n) is 10.8. The van der Waals surface area contributed by atoms with Gasteiger partial charge in [-0.25, -0.2) is 0 Å². The Bertz CT molecular complexity index is 243. The molecule has 2 N–H and O–H groups in total. The largest absolute Gasteiger partial charge is 0.354 e. The van der Waals surface area contributed by atoms with Crippen LogP contribution >= 0.6 is 0 Å². The third-order valence-electron chi connectivity index (χ3n) is 2.42. The van der Waals surface area contributed by atoms with Gasteiger partial charge >= 0.3 is 0 Å². The highest BCUT2D eigenvalue weighted by Gasteiger charge is 2.15. The zero-order chi connectivity index (χ0) is 12.6. The number of terminal acetylenes is 1. The number of rotatable bonds is 7. The van der Waals surface area contributed by atoms with Gasteiger partial charge in [0.05, 0.1) is 6.04 Å². The molecule has 92 valence electrons. The summed E-state index contributed by atoms with van der Waals surface area (Å²) < 4.78 is 0. The average Bonchev–Trinajstić information content (AvgIpc) is 2.24. The summed E-state index contributed by atoms with van der Waals surface area (Å²) in [5.41, 5.74) is 0. The summed E-state index contributed by atoms with van der Waals surface area (Å²) in [4.78, 5) is 11.7. The van der Waals surface area contributed by atoms with Crippen LogP contribution in [0.15, 0.2) is 0 Å². The topological polar surface area (TPSA) is 41.1 Å². The van der Waals surface area contributed by atoms with Crippen LogP contribution in [0.2, 0.25) is 0 Å². The smallest absolute Gasteiger partial charge is 0.236 e. The minimum atomic E-state index is -0.183. The van der Waals surface area contributed by atoms with Crippen LogP contribution in [-0.4, -0.2) is 24.5 Å². The summed E-state index contributed by atoms with van der Waals surface area (Å²) in [5, 5.41) is 6.14. The van der Waals surface area contributed by atoms with Crippen molar-refractivity contribution in [2.75, 3.05) is 6.54 Å². The number of nitrogens with one attached hydrogen (secondary N) is 2. The second kappa shape index (κ2) is 8.18. The third-order valence-corrected chi connectivity index (χ3v) is 2.42. The molecule has 0 saturated carbocycles. The monoisotopic (exact) mass is 224 g/mol. The second-order valence-corrected chi connectivity index (χ2v) is 4.54. The first kappa shape index (κ1) is 15.0. The van der Waals surface area contributed by atoms with E-state index in [2.05, 4.69) is 37.3 Å². The first-order chi connectivity index (χ1) is 7.51. The molecule has 0 saturated heterocycles. The quantitative estimate of drug-likeness (QED) is 0.644. The van der Waals surface area contributed by atoms with Gasteiger partial charge in [0.1, 0.15) is 0 Å². The van der Waals surface area contributed by atoms with Crippen molar-refractivity contribution in [3.63, 3.8) is 0 Å². The van der Waals surface area contributed by atoms with Crippen LogP contribution < -0.4 is 10.6 Å². The number of hydrogen-bond acceptors (Lipinski definition) is 2. The Morgan fingerprint density at radius 2 is 2.00 bits per heavy atom. The Hall–Kier alpha value is -1.01. The Balaban J connectivity index is 3.98. The van der Waals surface area contributed by atoms with E-state index in [1.807, 2.05) is 6.92 Å². The van der Waals surface area contributed by atoms with Gasteiger partial charge in [0.15, 0.2) is 0 Å². The highest BCUT2D eigenvalue weighted by atomic mass is 16.2. The summed E-state index contributed by atoms with van der Waals surface area (Å²) >= 11 is 0. The van der Waals surface area contributed by atoms with Gasteiger partial charge in [-0.2, -0.15) is 0 Å². The summed E-state index contributed by atoms with van der Waals surface area (Å²) in [6, 6.07) is 0.0434. The predicted octanol–water partition coefficient (Wildman–Crippen LogP) is 1.54. The van der Waals surface area contributed by atoms with Crippen molar-refractivity contribution in [3.8, 4) is 12.3 Å². The molecule has 0 aromatic rings. The molecule has 0 radical (unpaired) electrons. The SMILES string of the molecule is C#CCC(CC)NC(C)C(=O)NCC(C)C. The van der Waals surface area contributed by atoms with Crippen LogP contribution in [0.5, 0.6) is 0 Å². The van der Waals surface area contributed by atoms with Crippen molar-refractivity contribution in [2.24, 2.45) is 5.92 Å². The molecule has 0 aromatic carbocycles. The van der Waals surface area contributed by atoms with Gasteiger partial charge < -0.3 is 10.6 Å². The van der Waals surface area contributed by atoms with Gasteiger partial charge in [0.25, 0.3) is 0 Å². The molecule has 2 unspecified atom stereocenters. The average molecular weight is 224 g/mol. The molecule has 0 aliphatic heterocycles. The molecule has 0 aliphatic carbocycles. The van der Waals surface area contributed by atoms with Crippen molar-refractivity contribution < 1.29 is 4.79 Å². The molecule has 2 atom stereocenters. The molecule has 0 fully saturated rings. The number of amides is 1. The third kappa shape index (κ3) is 6.47. The van der Waals surface area contributed by atoms with Crippen LogP contribution in [-0.2, 0) is 4.79 Å².